The zero-order chi connectivity index (χ0) is 6.69. The van der Waals surface area contributed by atoms with Crippen LogP contribution in [0.3, 0.4) is 0 Å². The van der Waals surface area contributed by atoms with Crippen LogP contribution in [0.4, 0.5) is 5.69 Å². The summed E-state index contributed by atoms with van der Waals surface area (Å²) in [6.07, 6.45) is 0. The third kappa shape index (κ3) is 1.44. The van der Waals surface area contributed by atoms with E-state index in [9.17, 15) is 5.11 Å². The van der Waals surface area contributed by atoms with Crippen molar-refractivity contribution in [3.05, 3.63) is 29.8 Å². The van der Waals surface area contributed by atoms with Crippen LogP contribution >= 0.6 is 0 Å². The third-order valence-corrected chi connectivity index (χ3v) is 1.15. The number of hydrogen-bond donors (Lipinski definition) is 1. The smallest absolute Gasteiger partial charge is 0.107 e. The Morgan fingerprint density at radius 3 is 2.22 bits per heavy atom. The van der Waals surface area contributed by atoms with Crippen molar-refractivity contribution in [3.8, 4) is 0 Å². The zero-order valence-corrected chi connectivity index (χ0v) is 5.00. The summed E-state index contributed by atoms with van der Waals surface area (Å²) < 4.78 is 0. The van der Waals surface area contributed by atoms with Crippen molar-refractivity contribution >= 4 is 5.69 Å². The highest BCUT2D eigenvalue weighted by molar-refractivity contribution is 5.38. The second kappa shape index (κ2) is 2.51. The van der Waals surface area contributed by atoms with Gasteiger partial charge in [0.1, 0.15) is 6.61 Å². The van der Waals surface area contributed by atoms with Crippen molar-refractivity contribution in [2.24, 2.45) is 0 Å². The number of nitrogens with two attached hydrogens (primary N) is 1. The van der Waals surface area contributed by atoms with Crippen LogP contribution < -0.4 is 5.73 Å². The van der Waals surface area contributed by atoms with Gasteiger partial charge in [-0.1, -0.05) is 12.1 Å². The first-order valence-electron chi connectivity index (χ1n) is 2.75. The average Bonchev–Trinajstić information content (AvgIpc) is 1.90. The number of nitrogen functional groups attached to an aromatic ring is 1. The summed E-state index contributed by atoms with van der Waals surface area (Å²) in [7, 11) is 0. The second-order valence-corrected chi connectivity index (χ2v) is 1.89. The average molecular weight is 122 g/mol. The monoisotopic (exact) mass is 122 g/mol. The van der Waals surface area contributed by atoms with Gasteiger partial charge in [0, 0.05) is 5.69 Å². The van der Waals surface area contributed by atoms with E-state index in [1.807, 2.05) is 0 Å². The highest BCUT2D eigenvalue weighted by atomic mass is 16.3. The lowest BCUT2D eigenvalue weighted by atomic mass is 10.2. The molecule has 1 rings (SSSR count). The molecular formula is C7H8NO. The summed E-state index contributed by atoms with van der Waals surface area (Å²) in [4.78, 5) is 0. The van der Waals surface area contributed by atoms with E-state index >= 15 is 0 Å². The van der Waals surface area contributed by atoms with Crippen molar-refractivity contribution < 1.29 is 5.11 Å². The van der Waals surface area contributed by atoms with E-state index in [4.69, 9.17) is 5.73 Å². The molecule has 1 aromatic rings. The Hall–Kier alpha value is -1.02. The van der Waals surface area contributed by atoms with Crippen molar-refractivity contribution in [1.29, 1.82) is 0 Å². The Morgan fingerprint density at radius 2 is 1.78 bits per heavy atom. The van der Waals surface area contributed by atoms with Gasteiger partial charge in [-0.3, -0.25) is 0 Å². The van der Waals surface area contributed by atoms with Crippen LogP contribution in [0.15, 0.2) is 24.3 Å². The van der Waals surface area contributed by atoms with Crippen LogP contribution in [0.5, 0.6) is 0 Å². The van der Waals surface area contributed by atoms with E-state index in [1.54, 1.807) is 24.3 Å². The van der Waals surface area contributed by atoms with E-state index in [0.717, 1.165) is 5.56 Å². The van der Waals surface area contributed by atoms with E-state index in [2.05, 4.69) is 0 Å². The SMILES string of the molecule is Nc1ccc(C[O])cc1. The molecule has 0 fully saturated rings. The molecule has 0 aromatic heterocycles. The lowest BCUT2D eigenvalue weighted by Crippen LogP contribution is -1.85. The first kappa shape index (κ1) is 6.11. The summed E-state index contributed by atoms with van der Waals surface area (Å²) in [6, 6.07) is 6.94. The lowest BCUT2D eigenvalue weighted by molar-refractivity contribution is 0.177. The number of rotatable bonds is 1. The Balaban J connectivity index is 2.88. The Morgan fingerprint density at radius 1 is 1.22 bits per heavy atom. The van der Waals surface area contributed by atoms with Crippen LogP contribution in [0, 0.1) is 0 Å². The molecule has 2 heteroatoms. The number of benzene rings is 1. The molecule has 47 valence electrons. The van der Waals surface area contributed by atoms with Gasteiger partial charge in [-0.2, -0.15) is 0 Å². The van der Waals surface area contributed by atoms with Gasteiger partial charge >= 0.3 is 0 Å². The molecule has 0 atom stereocenters. The molecule has 0 spiro atoms. The highest BCUT2D eigenvalue weighted by Gasteiger charge is 1.87. The summed E-state index contributed by atoms with van der Waals surface area (Å²) in [5.74, 6) is 0. The standard InChI is InChI=1S/C7H8NO/c8-7-3-1-6(5-9)2-4-7/h1-4H,5,8H2. The maximum Gasteiger partial charge on any atom is 0.107 e. The second-order valence-electron chi connectivity index (χ2n) is 1.89. The van der Waals surface area contributed by atoms with Crippen LogP contribution in [-0.4, -0.2) is 0 Å². The summed E-state index contributed by atoms with van der Waals surface area (Å²) in [6.45, 7) is -0.166. The molecular weight excluding hydrogens is 114 g/mol. The maximum absolute atomic E-state index is 10.2. The minimum absolute atomic E-state index is 0.166. The molecule has 0 bridgehead atoms. The van der Waals surface area contributed by atoms with Crippen LogP contribution in [0.1, 0.15) is 5.56 Å². The van der Waals surface area contributed by atoms with Gasteiger partial charge in [-0.05, 0) is 17.7 Å². The zero-order valence-electron chi connectivity index (χ0n) is 5.00. The van der Waals surface area contributed by atoms with Crippen LogP contribution in [0.2, 0.25) is 0 Å². The predicted molar refractivity (Wildman–Crippen MR) is 35.2 cm³/mol. The Bertz CT molecular complexity index is 181. The molecule has 2 nitrogen and oxygen atoms in total. The topological polar surface area (TPSA) is 45.9 Å². The van der Waals surface area contributed by atoms with Crippen molar-refractivity contribution in [3.63, 3.8) is 0 Å². The quantitative estimate of drug-likeness (QED) is 0.559. The first-order chi connectivity index (χ1) is 4.33. The minimum atomic E-state index is -0.166. The molecule has 9 heavy (non-hydrogen) atoms. The van der Waals surface area contributed by atoms with Crippen LogP contribution in [0.25, 0.3) is 0 Å². The third-order valence-electron chi connectivity index (χ3n) is 1.15. The van der Waals surface area contributed by atoms with E-state index in [1.165, 1.54) is 0 Å². The molecule has 0 unspecified atom stereocenters. The van der Waals surface area contributed by atoms with E-state index in [0.29, 0.717) is 5.69 Å². The fraction of sp³-hybridized carbons (Fsp3) is 0.143. The molecule has 0 heterocycles. The normalized spacial score (nSPS) is 9.44. The molecule has 0 saturated heterocycles. The van der Waals surface area contributed by atoms with E-state index in [-0.39, 0.29) is 6.61 Å². The van der Waals surface area contributed by atoms with Crippen molar-refractivity contribution in [2.45, 2.75) is 6.61 Å². The minimum Gasteiger partial charge on any atom is -0.399 e. The van der Waals surface area contributed by atoms with Gasteiger partial charge < -0.3 is 5.73 Å². The van der Waals surface area contributed by atoms with Gasteiger partial charge in [0.15, 0.2) is 0 Å². The molecule has 2 N–H and O–H groups in total. The fourth-order valence-electron chi connectivity index (χ4n) is 0.614. The number of anilines is 1. The summed E-state index contributed by atoms with van der Waals surface area (Å²) >= 11 is 0. The molecule has 1 aromatic carbocycles. The lowest BCUT2D eigenvalue weighted by Gasteiger charge is -1.92. The van der Waals surface area contributed by atoms with Gasteiger partial charge in [-0.25, -0.2) is 5.11 Å². The molecule has 0 saturated carbocycles. The van der Waals surface area contributed by atoms with Gasteiger partial charge in [0.2, 0.25) is 0 Å². The van der Waals surface area contributed by atoms with Crippen molar-refractivity contribution in [1.82, 2.24) is 0 Å². The van der Waals surface area contributed by atoms with Crippen molar-refractivity contribution in [2.75, 3.05) is 5.73 Å². The van der Waals surface area contributed by atoms with Gasteiger partial charge in [0.25, 0.3) is 0 Å². The molecule has 1 radical (unpaired) electrons. The highest BCUT2D eigenvalue weighted by Crippen LogP contribution is 2.04. The fourth-order valence-corrected chi connectivity index (χ4v) is 0.614. The summed E-state index contributed by atoms with van der Waals surface area (Å²) in [5.41, 5.74) is 6.86. The number of hydrogen-bond acceptors (Lipinski definition) is 1. The molecule has 0 amide bonds. The van der Waals surface area contributed by atoms with Gasteiger partial charge in [-0.15, -0.1) is 0 Å². The Kier molecular flexibility index (Phi) is 1.70. The molecule has 0 aliphatic rings. The Labute approximate surface area is 53.9 Å². The largest absolute Gasteiger partial charge is 0.399 e. The summed E-state index contributed by atoms with van der Waals surface area (Å²) in [5, 5.41) is 10.2. The predicted octanol–water partition coefficient (Wildman–Crippen LogP) is 1.20. The first-order valence-corrected chi connectivity index (χ1v) is 2.75. The van der Waals surface area contributed by atoms with Crippen LogP contribution in [-0.2, 0) is 11.7 Å². The van der Waals surface area contributed by atoms with Gasteiger partial charge in [0.05, 0.1) is 0 Å². The maximum atomic E-state index is 10.2. The molecule has 0 aliphatic carbocycles. The van der Waals surface area contributed by atoms with E-state index < -0.39 is 0 Å². The molecule has 0 aliphatic heterocycles.